The summed E-state index contributed by atoms with van der Waals surface area (Å²) >= 11 is 0. The number of amides is 1. The number of hydrogen-bond acceptors (Lipinski definition) is 4. The van der Waals surface area contributed by atoms with Crippen molar-refractivity contribution in [3.8, 4) is 11.5 Å². The zero-order chi connectivity index (χ0) is 15.8. The van der Waals surface area contributed by atoms with Gasteiger partial charge in [-0.15, -0.1) is 0 Å². The fourth-order valence-corrected chi connectivity index (χ4v) is 3.28. The van der Waals surface area contributed by atoms with Gasteiger partial charge in [0.05, 0.1) is 12.2 Å². The molecule has 23 heavy (non-hydrogen) atoms. The SMILES string of the molecule is CN(Cc1ccc2c(c1)OCO2)C(=O)[C@@H]1CCc2cncn2C1. The molecule has 2 aliphatic heterocycles. The zero-order valence-corrected chi connectivity index (χ0v) is 13.1. The highest BCUT2D eigenvalue weighted by atomic mass is 16.7. The van der Waals surface area contributed by atoms with Crippen LogP contribution in [0.2, 0.25) is 0 Å². The highest BCUT2D eigenvalue weighted by Gasteiger charge is 2.27. The van der Waals surface area contributed by atoms with Crippen LogP contribution in [0.3, 0.4) is 0 Å². The van der Waals surface area contributed by atoms with Crippen LogP contribution in [0.5, 0.6) is 11.5 Å². The lowest BCUT2D eigenvalue weighted by atomic mass is 9.96. The van der Waals surface area contributed by atoms with Crippen molar-refractivity contribution in [2.45, 2.75) is 25.9 Å². The number of imidazole rings is 1. The summed E-state index contributed by atoms with van der Waals surface area (Å²) in [5.41, 5.74) is 2.26. The zero-order valence-electron chi connectivity index (χ0n) is 13.1. The standard InChI is InChI=1S/C17H19N3O3/c1-19(8-12-2-5-15-16(6-12)23-11-22-15)17(21)13-3-4-14-7-18-10-20(14)9-13/h2,5-7,10,13H,3-4,8-9,11H2,1H3/t13-/m1/s1. The van der Waals surface area contributed by atoms with Crippen LogP contribution in [-0.2, 0) is 24.3 Å². The number of aryl methyl sites for hydroxylation is 1. The van der Waals surface area contributed by atoms with Crippen molar-refractivity contribution in [3.63, 3.8) is 0 Å². The lowest BCUT2D eigenvalue weighted by Crippen LogP contribution is -2.36. The second-order valence-electron chi connectivity index (χ2n) is 6.15. The number of benzene rings is 1. The molecule has 0 N–H and O–H groups in total. The molecule has 6 nitrogen and oxygen atoms in total. The summed E-state index contributed by atoms with van der Waals surface area (Å²) < 4.78 is 12.8. The number of carbonyl (C=O) groups is 1. The molecule has 4 rings (SSSR count). The molecule has 120 valence electrons. The van der Waals surface area contributed by atoms with E-state index in [-0.39, 0.29) is 18.6 Å². The maximum atomic E-state index is 12.7. The third-order valence-corrected chi connectivity index (χ3v) is 4.55. The lowest BCUT2D eigenvalue weighted by Gasteiger charge is -2.27. The summed E-state index contributed by atoms with van der Waals surface area (Å²) in [5.74, 6) is 1.73. The first-order valence-corrected chi connectivity index (χ1v) is 7.83. The smallest absolute Gasteiger partial charge is 0.231 e. The minimum Gasteiger partial charge on any atom is -0.454 e. The van der Waals surface area contributed by atoms with Crippen LogP contribution in [-0.4, -0.2) is 34.2 Å². The number of carbonyl (C=O) groups excluding carboxylic acids is 1. The molecule has 0 fully saturated rings. The molecule has 2 aliphatic rings. The molecule has 6 heteroatoms. The third kappa shape index (κ3) is 2.65. The van der Waals surface area contributed by atoms with Crippen LogP contribution in [0.4, 0.5) is 0 Å². The first kappa shape index (κ1) is 14.1. The molecule has 0 aliphatic carbocycles. The van der Waals surface area contributed by atoms with Crippen molar-refractivity contribution in [3.05, 3.63) is 42.0 Å². The average molecular weight is 313 g/mol. The molecular weight excluding hydrogens is 294 g/mol. The minimum absolute atomic E-state index is 0.0238. The quantitative estimate of drug-likeness (QED) is 0.867. The second kappa shape index (κ2) is 5.61. The van der Waals surface area contributed by atoms with E-state index in [1.807, 2.05) is 37.8 Å². The van der Waals surface area contributed by atoms with Crippen LogP contribution in [0.1, 0.15) is 17.7 Å². The van der Waals surface area contributed by atoms with Crippen LogP contribution in [0, 0.1) is 5.92 Å². The molecule has 1 aromatic heterocycles. The van der Waals surface area contributed by atoms with Gasteiger partial charge in [-0.25, -0.2) is 4.98 Å². The number of nitrogens with zero attached hydrogens (tertiary/aromatic N) is 3. The lowest BCUT2D eigenvalue weighted by molar-refractivity contribution is -0.135. The van der Waals surface area contributed by atoms with E-state index >= 15 is 0 Å². The van der Waals surface area contributed by atoms with Crippen molar-refractivity contribution in [1.29, 1.82) is 0 Å². The normalized spacial score (nSPS) is 18.6. The maximum Gasteiger partial charge on any atom is 0.231 e. The molecule has 1 amide bonds. The fourth-order valence-electron chi connectivity index (χ4n) is 3.28. The van der Waals surface area contributed by atoms with E-state index in [9.17, 15) is 4.79 Å². The molecule has 0 saturated heterocycles. The Kier molecular flexibility index (Phi) is 3.44. The molecule has 3 heterocycles. The highest BCUT2D eigenvalue weighted by Crippen LogP contribution is 2.33. The number of hydrogen-bond donors (Lipinski definition) is 0. The van der Waals surface area contributed by atoms with Gasteiger partial charge in [-0.05, 0) is 30.5 Å². The van der Waals surface area contributed by atoms with Crippen molar-refractivity contribution < 1.29 is 14.3 Å². The van der Waals surface area contributed by atoms with E-state index in [4.69, 9.17) is 9.47 Å². The van der Waals surface area contributed by atoms with Gasteiger partial charge in [-0.2, -0.15) is 0 Å². The van der Waals surface area contributed by atoms with Gasteiger partial charge in [-0.3, -0.25) is 4.79 Å². The van der Waals surface area contributed by atoms with Gasteiger partial charge in [-0.1, -0.05) is 6.07 Å². The van der Waals surface area contributed by atoms with Gasteiger partial charge in [0.25, 0.3) is 0 Å². The molecule has 0 saturated carbocycles. The molecule has 0 bridgehead atoms. The number of aromatic nitrogens is 2. The van der Waals surface area contributed by atoms with E-state index < -0.39 is 0 Å². The summed E-state index contributed by atoms with van der Waals surface area (Å²) in [4.78, 5) is 18.7. The number of ether oxygens (including phenoxy) is 2. The molecule has 2 aromatic rings. The van der Waals surface area contributed by atoms with Crippen molar-refractivity contribution >= 4 is 5.91 Å². The van der Waals surface area contributed by atoms with Gasteiger partial charge in [0.1, 0.15) is 0 Å². The number of fused-ring (bicyclic) bond motifs is 2. The van der Waals surface area contributed by atoms with E-state index in [0.717, 1.165) is 36.4 Å². The van der Waals surface area contributed by atoms with E-state index in [1.54, 1.807) is 4.90 Å². The molecule has 0 spiro atoms. The van der Waals surface area contributed by atoms with Crippen molar-refractivity contribution in [2.75, 3.05) is 13.8 Å². The number of rotatable bonds is 3. The third-order valence-electron chi connectivity index (χ3n) is 4.55. The summed E-state index contributed by atoms with van der Waals surface area (Å²) in [5, 5.41) is 0. The van der Waals surface area contributed by atoms with E-state index in [0.29, 0.717) is 6.54 Å². The van der Waals surface area contributed by atoms with Gasteiger partial charge in [0.15, 0.2) is 11.5 Å². The van der Waals surface area contributed by atoms with Gasteiger partial charge >= 0.3 is 0 Å². The molecule has 0 radical (unpaired) electrons. The van der Waals surface area contributed by atoms with Gasteiger partial charge in [0, 0.05) is 32.0 Å². The topological polar surface area (TPSA) is 56.6 Å². The Morgan fingerprint density at radius 3 is 3.17 bits per heavy atom. The first-order chi connectivity index (χ1) is 11.2. The monoisotopic (exact) mass is 313 g/mol. The Balaban J connectivity index is 1.43. The first-order valence-electron chi connectivity index (χ1n) is 7.83. The van der Waals surface area contributed by atoms with Crippen molar-refractivity contribution in [1.82, 2.24) is 14.5 Å². The fraction of sp³-hybridized carbons (Fsp3) is 0.412. The Hall–Kier alpha value is -2.50. The summed E-state index contributed by atoms with van der Waals surface area (Å²) in [7, 11) is 1.86. The average Bonchev–Trinajstić information content (AvgIpc) is 3.21. The molecular formula is C17H19N3O3. The van der Waals surface area contributed by atoms with Gasteiger partial charge < -0.3 is 18.9 Å². The van der Waals surface area contributed by atoms with Crippen molar-refractivity contribution in [2.24, 2.45) is 5.92 Å². The van der Waals surface area contributed by atoms with Crippen LogP contribution >= 0.6 is 0 Å². The molecule has 0 unspecified atom stereocenters. The summed E-state index contributed by atoms with van der Waals surface area (Å²) in [6.07, 6.45) is 5.49. The highest BCUT2D eigenvalue weighted by molar-refractivity contribution is 5.78. The second-order valence-corrected chi connectivity index (χ2v) is 6.15. The maximum absolute atomic E-state index is 12.7. The Morgan fingerprint density at radius 2 is 2.26 bits per heavy atom. The largest absolute Gasteiger partial charge is 0.454 e. The molecule has 1 aromatic carbocycles. The van der Waals surface area contributed by atoms with Crippen LogP contribution < -0.4 is 9.47 Å². The predicted octanol–water partition coefficient (Wildman–Crippen LogP) is 1.83. The minimum atomic E-state index is 0.0238. The van der Waals surface area contributed by atoms with Gasteiger partial charge in [0.2, 0.25) is 12.7 Å². The Bertz CT molecular complexity index is 740. The molecule has 1 atom stereocenters. The summed E-state index contributed by atoms with van der Waals surface area (Å²) in [6.45, 7) is 1.56. The Labute approximate surface area is 134 Å². The van der Waals surface area contributed by atoms with Crippen LogP contribution in [0.25, 0.3) is 0 Å². The van der Waals surface area contributed by atoms with E-state index in [1.165, 1.54) is 5.69 Å². The Morgan fingerprint density at radius 1 is 1.39 bits per heavy atom. The summed E-state index contributed by atoms with van der Waals surface area (Å²) in [6, 6.07) is 5.82. The van der Waals surface area contributed by atoms with E-state index in [2.05, 4.69) is 9.55 Å². The van der Waals surface area contributed by atoms with Crippen LogP contribution in [0.15, 0.2) is 30.7 Å². The predicted molar refractivity (Wildman–Crippen MR) is 83.1 cm³/mol.